The summed E-state index contributed by atoms with van der Waals surface area (Å²) in [5, 5.41) is 30.9. The molecule has 0 aromatic heterocycles. The van der Waals surface area contributed by atoms with Gasteiger partial charge in [0.05, 0.1) is 6.61 Å². The molecule has 0 radical (unpaired) electrons. The zero-order chi connectivity index (χ0) is 20.1. The standard InChI is InChI=1S/C20H27NO6/c1-19(2,5-6-27-21(25)26)11-7-16(23)18(17(24)8-11)12-9-15(22)14-10-13(12)20(14,3)4/h7-8,12-14,23-24H,5-6,9-10H2,1-4H3/t12-,13-,14+/m0/s1. The van der Waals surface area contributed by atoms with Crippen molar-refractivity contribution in [3.63, 3.8) is 0 Å². The second-order valence-electron chi connectivity index (χ2n) is 9.11. The molecule has 27 heavy (non-hydrogen) atoms. The lowest BCUT2D eigenvalue weighted by Crippen LogP contribution is -2.56. The fourth-order valence-corrected chi connectivity index (χ4v) is 4.91. The molecule has 3 atom stereocenters. The van der Waals surface area contributed by atoms with Crippen molar-refractivity contribution in [2.24, 2.45) is 17.3 Å². The molecule has 0 aliphatic heterocycles. The first kappa shape index (κ1) is 19.5. The van der Waals surface area contributed by atoms with Gasteiger partial charge in [0.2, 0.25) is 0 Å². The summed E-state index contributed by atoms with van der Waals surface area (Å²) in [5.41, 5.74) is 0.463. The van der Waals surface area contributed by atoms with Crippen LogP contribution in [-0.2, 0) is 15.0 Å². The van der Waals surface area contributed by atoms with Gasteiger partial charge in [0.25, 0.3) is 5.09 Å². The summed E-state index contributed by atoms with van der Waals surface area (Å²) in [6, 6.07) is 3.20. The molecule has 3 saturated carbocycles. The predicted octanol–water partition coefficient (Wildman–Crippen LogP) is 3.69. The molecule has 3 fully saturated rings. The zero-order valence-corrected chi connectivity index (χ0v) is 16.2. The van der Waals surface area contributed by atoms with Crippen LogP contribution in [0, 0.1) is 27.4 Å². The first-order valence-corrected chi connectivity index (χ1v) is 9.31. The van der Waals surface area contributed by atoms with Crippen molar-refractivity contribution in [3.8, 4) is 11.5 Å². The normalized spacial score (nSPS) is 26.4. The van der Waals surface area contributed by atoms with Gasteiger partial charge < -0.3 is 15.1 Å². The van der Waals surface area contributed by atoms with Gasteiger partial charge in [-0.25, -0.2) is 0 Å². The highest BCUT2D eigenvalue weighted by molar-refractivity contribution is 5.86. The third-order valence-corrected chi connectivity index (χ3v) is 6.85. The van der Waals surface area contributed by atoms with Crippen molar-refractivity contribution in [1.29, 1.82) is 0 Å². The van der Waals surface area contributed by atoms with Gasteiger partial charge in [0.15, 0.2) is 0 Å². The van der Waals surface area contributed by atoms with Crippen LogP contribution in [0.1, 0.15) is 64.0 Å². The molecule has 0 spiro atoms. The van der Waals surface area contributed by atoms with Gasteiger partial charge in [0, 0.05) is 23.8 Å². The van der Waals surface area contributed by atoms with Gasteiger partial charge in [-0.15, -0.1) is 10.1 Å². The SMILES string of the molecule is CC(C)(CCO[N+](=O)[O-])c1cc(O)c([C@H]2CC(=O)[C@H]3C[C@@H]2C3(C)C)c(O)c1. The maximum Gasteiger partial charge on any atom is 0.294 e. The van der Waals surface area contributed by atoms with E-state index in [1.807, 2.05) is 13.8 Å². The second kappa shape index (κ2) is 6.39. The molecule has 2 N–H and O–H groups in total. The molecular weight excluding hydrogens is 350 g/mol. The average molecular weight is 377 g/mol. The Balaban J connectivity index is 1.87. The number of ketones is 1. The Bertz CT molecular complexity index is 762. The molecule has 7 heteroatoms. The van der Waals surface area contributed by atoms with Crippen molar-refractivity contribution < 1.29 is 24.9 Å². The Morgan fingerprint density at radius 1 is 1.30 bits per heavy atom. The highest BCUT2D eigenvalue weighted by Gasteiger charge is 2.59. The quantitative estimate of drug-likeness (QED) is 0.578. The highest BCUT2D eigenvalue weighted by atomic mass is 16.9. The topological polar surface area (TPSA) is 110 Å². The summed E-state index contributed by atoms with van der Waals surface area (Å²) < 4.78 is 0. The van der Waals surface area contributed by atoms with Gasteiger partial charge >= 0.3 is 0 Å². The van der Waals surface area contributed by atoms with E-state index in [-0.39, 0.29) is 47.1 Å². The monoisotopic (exact) mass is 377 g/mol. The van der Waals surface area contributed by atoms with E-state index in [0.29, 0.717) is 24.0 Å². The Labute approximate surface area is 158 Å². The van der Waals surface area contributed by atoms with Crippen molar-refractivity contribution in [2.45, 2.75) is 58.3 Å². The van der Waals surface area contributed by atoms with Crippen molar-refractivity contribution in [3.05, 3.63) is 33.4 Å². The maximum atomic E-state index is 12.4. The third-order valence-electron chi connectivity index (χ3n) is 6.85. The Morgan fingerprint density at radius 3 is 2.37 bits per heavy atom. The second-order valence-corrected chi connectivity index (χ2v) is 9.11. The van der Waals surface area contributed by atoms with E-state index >= 15 is 0 Å². The number of phenols is 2. The summed E-state index contributed by atoms with van der Waals surface area (Å²) in [4.78, 5) is 27.2. The Morgan fingerprint density at radius 2 is 1.89 bits per heavy atom. The van der Waals surface area contributed by atoms with Gasteiger partial charge in [-0.05, 0) is 47.3 Å². The molecule has 0 amide bonds. The summed E-state index contributed by atoms with van der Waals surface area (Å²) in [7, 11) is 0. The lowest BCUT2D eigenvalue weighted by atomic mass is 9.44. The largest absolute Gasteiger partial charge is 0.508 e. The average Bonchev–Trinajstić information content (AvgIpc) is 2.52. The number of hydrogen-bond donors (Lipinski definition) is 2. The van der Waals surface area contributed by atoms with E-state index in [4.69, 9.17) is 0 Å². The molecule has 7 nitrogen and oxygen atoms in total. The number of phenolic OH excluding ortho intramolecular Hbond substituents is 2. The number of carbonyl (C=O) groups excluding carboxylic acids is 1. The molecule has 148 valence electrons. The minimum atomic E-state index is -0.832. The first-order valence-electron chi connectivity index (χ1n) is 9.31. The van der Waals surface area contributed by atoms with Crippen LogP contribution >= 0.6 is 0 Å². The predicted molar refractivity (Wildman–Crippen MR) is 98.1 cm³/mol. The van der Waals surface area contributed by atoms with Gasteiger partial charge in [-0.1, -0.05) is 27.7 Å². The number of carbonyl (C=O) groups is 1. The summed E-state index contributed by atoms with van der Waals surface area (Å²) in [6.45, 7) is 7.83. The zero-order valence-electron chi connectivity index (χ0n) is 16.2. The van der Waals surface area contributed by atoms with E-state index in [1.165, 1.54) is 0 Å². The van der Waals surface area contributed by atoms with E-state index in [2.05, 4.69) is 18.7 Å². The van der Waals surface area contributed by atoms with E-state index in [0.717, 1.165) is 6.42 Å². The van der Waals surface area contributed by atoms with Crippen LogP contribution in [0.5, 0.6) is 11.5 Å². The molecule has 3 aliphatic rings. The lowest BCUT2D eigenvalue weighted by molar-refractivity contribution is -0.758. The number of hydrogen-bond acceptors (Lipinski definition) is 6. The number of rotatable bonds is 6. The van der Waals surface area contributed by atoms with Crippen LogP contribution in [-0.4, -0.2) is 27.7 Å². The highest BCUT2D eigenvalue weighted by Crippen LogP contribution is 2.64. The van der Waals surface area contributed by atoms with Crippen LogP contribution in [0.25, 0.3) is 0 Å². The van der Waals surface area contributed by atoms with Crippen molar-refractivity contribution in [1.82, 2.24) is 0 Å². The van der Waals surface area contributed by atoms with Crippen molar-refractivity contribution in [2.75, 3.05) is 6.61 Å². The number of fused-ring (bicyclic) bond motifs is 2. The third kappa shape index (κ3) is 3.24. The summed E-state index contributed by atoms with van der Waals surface area (Å²) in [5.74, 6) is 0.312. The van der Waals surface area contributed by atoms with Crippen LogP contribution in [0.4, 0.5) is 0 Å². The number of nitrogens with zero attached hydrogens (tertiary/aromatic N) is 1. The molecule has 0 saturated heterocycles. The van der Waals surface area contributed by atoms with E-state index < -0.39 is 10.5 Å². The van der Waals surface area contributed by atoms with Crippen molar-refractivity contribution >= 4 is 5.78 Å². The maximum absolute atomic E-state index is 12.4. The van der Waals surface area contributed by atoms with Crippen LogP contribution in [0.15, 0.2) is 12.1 Å². The minimum Gasteiger partial charge on any atom is -0.508 e. The van der Waals surface area contributed by atoms with Gasteiger partial charge in [0.1, 0.15) is 17.3 Å². The lowest BCUT2D eigenvalue weighted by Gasteiger charge is -2.59. The molecule has 3 aliphatic carbocycles. The minimum absolute atomic E-state index is 0.0211. The van der Waals surface area contributed by atoms with Gasteiger partial charge in [-0.2, -0.15) is 0 Å². The summed E-state index contributed by atoms with van der Waals surface area (Å²) >= 11 is 0. The fraction of sp³-hybridized carbons (Fsp3) is 0.650. The van der Waals surface area contributed by atoms with Crippen LogP contribution < -0.4 is 0 Å². The molecule has 2 bridgehead atoms. The number of aromatic hydroxyl groups is 2. The molecule has 1 aromatic rings. The van der Waals surface area contributed by atoms with E-state index in [1.54, 1.807) is 12.1 Å². The molecular formula is C20H27NO6. The Hall–Kier alpha value is -2.31. The Kier molecular flexibility index (Phi) is 4.60. The molecule has 1 aromatic carbocycles. The van der Waals surface area contributed by atoms with Crippen LogP contribution in [0.3, 0.4) is 0 Å². The van der Waals surface area contributed by atoms with Gasteiger partial charge in [-0.3, -0.25) is 4.79 Å². The number of benzene rings is 1. The number of Topliss-reactive ketones (excluding diaryl/α,β-unsaturated/α-hetero) is 1. The first-order chi connectivity index (χ1) is 12.4. The summed E-state index contributed by atoms with van der Waals surface area (Å²) in [6.07, 6.45) is 1.51. The van der Waals surface area contributed by atoms with Crippen LogP contribution in [0.2, 0.25) is 0 Å². The smallest absolute Gasteiger partial charge is 0.294 e. The van der Waals surface area contributed by atoms with E-state index in [9.17, 15) is 25.1 Å². The molecule has 0 unspecified atom stereocenters. The fourth-order valence-electron chi connectivity index (χ4n) is 4.91. The molecule has 4 rings (SSSR count). The molecule has 0 heterocycles.